The first-order valence-corrected chi connectivity index (χ1v) is 7.18. The van der Waals surface area contributed by atoms with Crippen LogP contribution in [0.4, 0.5) is 4.39 Å². The van der Waals surface area contributed by atoms with Crippen LogP contribution in [0.3, 0.4) is 0 Å². The highest BCUT2D eigenvalue weighted by Crippen LogP contribution is 2.71. The molecule has 4 rings (SSSR count). The summed E-state index contributed by atoms with van der Waals surface area (Å²) in [7, 11) is 0. The van der Waals surface area contributed by atoms with Crippen LogP contribution in [0.15, 0.2) is 18.2 Å². The van der Waals surface area contributed by atoms with E-state index in [1.54, 1.807) is 12.1 Å². The van der Waals surface area contributed by atoms with Crippen molar-refractivity contribution in [1.82, 2.24) is 0 Å². The maximum absolute atomic E-state index is 13.5. The average molecular weight is 245 g/mol. The van der Waals surface area contributed by atoms with Gasteiger partial charge in [0.1, 0.15) is 5.82 Å². The zero-order valence-electron chi connectivity index (χ0n) is 10.8. The monoisotopic (exact) mass is 245 g/mol. The molecule has 1 aromatic carbocycles. The molecule has 3 saturated carbocycles. The van der Waals surface area contributed by atoms with Crippen LogP contribution in [0.1, 0.15) is 36.4 Å². The molecule has 5 unspecified atom stereocenters. The number of fused-ring (bicyclic) bond motifs is 5. The number of aryl methyl sites for hydroxylation is 1. The molecular formula is C16H20FN. The van der Waals surface area contributed by atoms with E-state index in [2.05, 4.69) is 6.07 Å². The van der Waals surface area contributed by atoms with Crippen LogP contribution in [0.5, 0.6) is 0 Å². The number of nitrogens with two attached hydrogens (primary N) is 1. The molecule has 0 radical (unpaired) electrons. The van der Waals surface area contributed by atoms with Gasteiger partial charge in [0.2, 0.25) is 0 Å². The summed E-state index contributed by atoms with van der Waals surface area (Å²) >= 11 is 0. The van der Waals surface area contributed by atoms with Gasteiger partial charge in [-0.15, -0.1) is 0 Å². The highest BCUT2D eigenvalue weighted by Gasteiger charge is 2.66. The van der Waals surface area contributed by atoms with Crippen LogP contribution in [0, 0.1) is 42.3 Å². The van der Waals surface area contributed by atoms with Gasteiger partial charge in [-0.25, -0.2) is 4.39 Å². The van der Waals surface area contributed by atoms with E-state index in [1.807, 2.05) is 6.92 Å². The second-order valence-electron chi connectivity index (χ2n) is 6.65. The van der Waals surface area contributed by atoms with Crippen molar-refractivity contribution < 1.29 is 4.39 Å². The van der Waals surface area contributed by atoms with Crippen LogP contribution in [0.2, 0.25) is 0 Å². The number of rotatable bonds is 2. The molecule has 1 aromatic rings. The van der Waals surface area contributed by atoms with Crippen molar-refractivity contribution in [2.24, 2.45) is 35.3 Å². The lowest BCUT2D eigenvalue weighted by atomic mass is 9.93. The van der Waals surface area contributed by atoms with Crippen LogP contribution in [-0.2, 0) is 0 Å². The lowest BCUT2D eigenvalue weighted by Gasteiger charge is -2.17. The molecule has 0 heterocycles. The van der Waals surface area contributed by atoms with Gasteiger partial charge in [0.15, 0.2) is 0 Å². The summed E-state index contributed by atoms with van der Waals surface area (Å²) in [6.45, 7) is 1.94. The molecule has 96 valence electrons. The van der Waals surface area contributed by atoms with Gasteiger partial charge in [0.05, 0.1) is 0 Å². The second-order valence-corrected chi connectivity index (χ2v) is 6.65. The molecule has 3 aliphatic rings. The highest BCUT2D eigenvalue weighted by molar-refractivity contribution is 5.29. The largest absolute Gasteiger partial charge is 0.324 e. The van der Waals surface area contributed by atoms with Gasteiger partial charge in [0, 0.05) is 6.04 Å². The van der Waals surface area contributed by atoms with E-state index in [0.717, 1.165) is 34.8 Å². The van der Waals surface area contributed by atoms with Crippen LogP contribution >= 0.6 is 0 Å². The lowest BCUT2D eigenvalue weighted by Crippen LogP contribution is -2.17. The van der Waals surface area contributed by atoms with Crippen molar-refractivity contribution in [2.75, 3.05) is 0 Å². The summed E-state index contributed by atoms with van der Waals surface area (Å²) < 4.78 is 13.5. The van der Waals surface area contributed by atoms with Gasteiger partial charge >= 0.3 is 0 Å². The van der Waals surface area contributed by atoms with Gasteiger partial charge in [0.25, 0.3) is 0 Å². The summed E-state index contributed by atoms with van der Waals surface area (Å²) in [6.07, 6.45) is 4.27. The third-order valence-corrected chi connectivity index (χ3v) is 5.66. The van der Waals surface area contributed by atoms with Gasteiger partial charge in [-0.1, -0.05) is 6.07 Å². The van der Waals surface area contributed by atoms with Gasteiger partial charge in [-0.05, 0) is 79.0 Å². The minimum Gasteiger partial charge on any atom is -0.324 e. The summed E-state index contributed by atoms with van der Waals surface area (Å²) in [6, 6.07) is 5.32. The number of benzene rings is 1. The standard InChI is InChI=1S/C16H20FN/c1-8-4-11(7-12(17)5-8)16(18)15-13-9-2-3-10(6-9)14(13)15/h4-5,7,9-10,13-16H,2-3,6,18H2,1H3. The summed E-state index contributed by atoms with van der Waals surface area (Å²) in [5, 5.41) is 0. The maximum Gasteiger partial charge on any atom is 0.123 e. The molecule has 0 saturated heterocycles. The van der Waals surface area contributed by atoms with Gasteiger partial charge in [-0.2, -0.15) is 0 Å². The average Bonchev–Trinajstić information content (AvgIpc) is 2.74. The third kappa shape index (κ3) is 1.41. The van der Waals surface area contributed by atoms with Crippen molar-refractivity contribution in [3.63, 3.8) is 0 Å². The Bertz CT molecular complexity index is 462. The Labute approximate surface area is 108 Å². The Hall–Kier alpha value is -0.890. The van der Waals surface area contributed by atoms with E-state index in [4.69, 9.17) is 5.73 Å². The lowest BCUT2D eigenvalue weighted by molar-refractivity contribution is 0.417. The fourth-order valence-electron chi connectivity index (χ4n) is 5.05. The van der Waals surface area contributed by atoms with Crippen molar-refractivity contribution in [1.29, 1.82) is 0 Å². The maximum atomic E-state index is 13.5. The highest BCUT2D eigenvalue weighted by atomic mass is 19.1. The quantitative estimate of drug-likeness (QED) is 0.848. The van der Waals surface area contributed by atoms with E-state index in [0.29, 0.717) is 5.92 Å². The van der Waals surface area contributed by atoms with Crippen LogP contribution in [0.25, 0.3) is 0 Å². The normalized spacial score (nSPS) is 41.8. The molecule has 2 bridgehead atoms. The van der Waals surface area contributed by atoms with Crippen molar-refractivity contribution in [2.45, 2.75) is 32.2 Å². The molecule has 3 aliphatic carbocycles. The van der Waals surface area contributed by atoms with Crippen molar-refractivity contribution in [3.05, 3.63) is 35.1 Å². The van der Waals surface area contributed by atoms with Crippen LogP contribution < -0.4 is 5.73 Å². The smallest absolute Gasteiger partial charge is 0.123 e. The molecule has 3 fully saturated rings. The number of hydrogen-bond acceptors (Lipinski definition) is 1. The molecule has 2 heteroatoms. The SMILES string of the molecule is Cc1cc(F)cc(C(N)C2C3C4CCC(C4)C32)c1. The van der Waals surface area contributed by atoms with Crippen LogP contribution in [-0.4, -0.2) is 0 Å². The van der Waals surface area contributed by atoms with E-state index < -0.39 is 0 Å². The predicted octanol–water partition coefficient (Wildman–Crippen LogP) is 3.43. The molecule has 0 spiro atoms. The third-order valence-electron chi connectivity index (χ3n) is 5.66. The Morgan fingerprint density at radius 1 is 1.17 bits per heavy atom. The minimum atomic E-state index is -0.144. The Morgan fingerprint density at radius 3 is 2.44 bits per heavy atom. The first kappa shape index (κ1) is 11.0. The van der Waals surface area contributed by atoms with E-state index >= 15 is 0 Å². The first-order valence-electron chi connectivity index (χ1n) is 7.18. The molecule has 1 nitrogen and oxygen atoms in total. The molecular weight excluding hydrogens is 225 g/mol. The molecule has 0 aliphatic heterocycles. The number of hydrogen-bond donors (Lipinski definition) is 1. The summed E-state index contributed by atoms with van der Waals surface area (Å²) in [4.78, 5) is 0. The van der Waals surface area contributed by atoms with Gasteiger partial charge in [-0.3, -0.25) is 0 Å². The minimum absolute atomic E-state index is 0.0535. The zero-order valence-corrected chi connectivity index (χ0v) is 10.8. The van der Waals surface area contributed by atoms with E-state index in [-0.39, 0.29) is 11.9 Å². The van der Waals surface area contributed by atoms with Crippen molar-refractivity contribution >= 4 is 0 Å². The fourth-order valence-corrected chi connectivity index (χ4v) is 5.05. The number of halogens is 1. The van der Waals surface area contributed by atoms with Crippen molar-refractivity contribution in [3.8, 4) is 0 Å². The van der Waals surface area contributed by atoms with E-state index in [9.17, 15) is 4.39 Å². The second kappa shape index (κ2) is 3.57. The zero-order chi connectivity index (χ0) is 12.4. The first-order chi connectivity index (χ1) is 8.65. The molecule has 0 aromatic heterocycles. The van der Waals surface area contributed by atoms with E-state index in [1.165, 1.54) is 19.3 Å². The Balaban J connectivity index is 1.59. The molecule has 5 atom stereocenters. The summed E-state index contributed by atoms with van der Waals surface area (Å²) in [5.41, 5.74) is 8.40. The summed E-state index contributed by atoms with van der Waals surface area (Å²) in [5.74, 6) is 4.09. The Morgan fingerprint density at radius 2 is 1.83 bits per heavy atom. The molecule has 18 heavy (non-hydrogen) atoms. The molecule has 0 amide bonds. The topological polar surface area (TPSA) is 26.0 Å². The predicted molar refractivity (Wildman–Crippen MR) is 69.4 cm³/mol. The fraction of sp³-hybridized carbons (Fsp3) is 0.625. The Kier molecular flexibility index (Phi) is 2.18. The van der Waals surface area contributed by atoms with Gasteiger partial charge < -0.3 is 5.73 Å². The molecule has 2 N–H and O–H groups in total.